The van der Waals surface area contributed by atoms with E-state index in [2.05, 4.69) is 24.1 Å². The van der Waals surface area contributed by atoms with E-state index in [0.29, 0.717) is 24.2 Å². The largest absolute Gasteiger partial charge is 0.423 e. The SMILES string of the molecule is CC1(C)CC(=O)C2C(=NC(Nc3nc4ccccc4o3)=NC23CCCCC3)C1. The summed E-state index contributed by atoms with van der Waals surface area (Å²) in [4.78, 5) is 27.4. The van der Waals surface area contributed by atoms with Crippen LogP contribution in [0.25, 0.3) is 11.1 Å². The minimum Gasteiger partial charge on any atom is -0.423 e. The molecule has 1 spiro atoms. The van der Waals surface area contributed by atoms with Crippen LogP contribution in [0.2, 0.25) is 0 Å². The highest BCUT2D eigenvalue weighted by molar-refractivity contribution is 6.15. The number of carbonyl (C=O) groups excluding carboxylic acids is 1. The average Bonchev–Trinajstić information content (AvgIpc) is 3.02. The number of rotatable bonds is 1. The van der Waals surface area contributed by atoms with Gasteiger partial charge >= 0.3 is 6.01 Å². The van der Waals surface area contributed by atoms with Gasteiger partial charge in [0.25, 0.3) is 0 Å². The number of hydrogen-bond acceptors (Lipinski definition) is 6. The van der Waals surface area contributed by atoms with Crippen LogP contribution in [0.15, 0.2) is 38.7 Å². The zero-order valence-corrected chi connectivity index (χ0v) is 16.5. The molecule has 1 aromatic carbocycles. The van der Waals surface area contributed by atoms with Gasteiger partial charge in [-0.15, -0.1) is 0 Å². The number of nitrogens with zero attached hydrogens (tertiary/aromatic N) is 3. The number of aliphatic imine (C=N–C) groups is 2. The molecular weight excluding hydrogens is 352 g/mol. The summed E-state index contributed by atoms with van der Waals surface area (Å²) in [5.74, 6) is 0.682. The van der Waals surface area contributed by atoms with Gasteiger partial charge in [-0.05, 0) is 36.8 Å². The van der Waals surface area contributed by atoms with Crippen molar-refractivity contribution in [1.29, 1.82) is 0 Å². The Bertz CT molecular complexity index is 962. The van der Waals surface area contributed by atoms with Crippen LogP contribution in [0.3, 0.4) is 0 Å². The minimum atomic E-state index is -0.350. The average molecular weight is 378 g/mol. The quantitative estimate of drug-likeness (QED) is 0.776. The fourth-order valence-corrected chi connectivity index (χ4v) is 5.21. The lowest BCUT2D eigenvalue weighted by Crippen LogP contribution is -2.54. The molecule has 1 aliphatic heterocycles. The van der Waals surface area contributed by atoms with Gasteiger partial charge in [0, 0.05) is 12.1 Å². The van der Waals surface area contributed by atoms with Gasteiger partial charge in [-0.1, -0.05) is 45.2 Å². The molecule has 0 radical (unpaired) electrons. The fraction of sp³-hybridized carbons (Fsp3) is 0.545. The summed E-state index contributed by atoms with van der Waals surface area (Å²) in [5.41, 5.74) is 2.11. The Labute approximate surface area is 164 Å². The molecule has 146 valence electrons. The minimum absolute atomic E-state index is 0.0532. The van der Waals surface area contributed by atoms with Crippen molar-refractivity contribution in [3.8, 4) is 0 Å². The predicted molar refractivity (Wildman–Crippen MR) is 110 cm³/mol. The molecule has 6 nitrogen and oxygen atoms in total. The number of guanidine groups is 1. The van der Waals surface area contributed by atoms with E-state index in [1.807, 2.05) is 24.3 Å². The van der Waals surface area contributed by atoms with E-state index in [4.69, 9.17) is 14.4 Å². The van der Waals surface area contributed by atoms with Gasteiger partial charge in [0.1, 0.15) is 11.3 Å². The molecule has 1 N–H and O–H groups in total. The standard InChI is InChI=1S/C22H26N4O2/c1-21(2)12-15-18(16(27)13-21)22(10-6-3-7-11-22)26-19(23-15)25-20-24-14-8-4-5-9-17(14)28-20/h4-5,8-9,18H,3,6-7,10-13H2,1-2H3,(H,24,25,26). The van der Waals surface area contributed by atoms with Crippen LogP contribution >= 0.6 is 0 Å². The number of nitrogens with one attached hydrogen (secondary N) is 1. The van der Waals surface area contributed by atoms with Crippen LogP contribution < -0.4 is 5.32 Å². The molecular formula is C22H26N4O2. The Kier molecular flexibility index (Phi) is 3.93. The number of anilines is 1. The van der Waals surface area contributed by atoms with Gasteiger partial charge in [0.05, 0.1) is 11.5 Å². The monoisotopic (exact) mass is 378 g/mol. The summed E-state index contributed by atoms with van der Waals surface area (Å²) in [7, 11) is 0. The third kappa shape index (κ3) is 2.95. The number of para-hydroxylation sites is 2. The molecule has 1 unspecified atom stereocenters. The Hall–Kier alpha value is -2.50. The highest BCUT2D eigenvalue weighted by atomic mass is 16.4. The second-order valence-electron chi connectivity index (χ2n) is 9.23. The van der Waals surface area contributed by atoms with Crippen LogP contribution in [-0.2, 0) is 4.79 Å². The molecule has 2 saturated carbocycles. The van der Waals surface area contributed by atoms with Gasteiger partial charge in [-0.2, -0.15) is 4.98 Å². The van der Waals surface area contributed by atoms with Gasteiger partial charge in [-0.3, -0.25) is 10.1 Å². The first-order chi connectivity index (χ1) is 13.4. The number of aromatic nitrogens is 1. The molecule has 1 aromatic heterocycles. The third-order valence-corrected chi connectivity index (χ3v) is 6.32. The van der Waals surface area contributed by atoms with Crippen molar-refractivity contribution >= 4 is 34.6 Å². The van der Waals surface area contributed by atoms with E-state index in [0.717, 1.165) is 48.9 Å². The molecule has 6 heteroatoms. The van der Waals surface area contributed by atoms with Gasteiger partial charge in [-0.25, -0.2) is 9.98 Å². The molecule has 1 atom stereocenters. The molecule has 2 aromatic rings. The van der Waals surface area contributed by atoms with Crippen molar-refractivity contribution in [2.75, 3.05) is 5.32 Å². The van der Waals surface area contributed by atoms with Crippen molar-refractivity contribution in [3.63, 3.8) is 0 Å². The van der Waals surface area contributed by atoms with E-state index in [9.17, 15) is 4.79 Å². The van der Waals surface area contributed by atoms with Gasteiger partial charge in [0.2, 0.25) is 5.96 Å². The molecule has 2 aliphatic carbocycles. The second-order valence-corrected chi connectivity index (χ2v) is 9.23. The molecule has 0 amide bonds. The molecule has 3 aliphatic rings. The topological polar surface area (TPSA) is 79.9 Å². The third-order valence-electron chi connectivity index (χ3n) is 6.32. The Balaban J connectivity index is 1.53. The van der Waals surface area contributed by atoms with Crippen molar-refractivity contribution in [2.24, 2.45) is 21.3 Å². The van der Waals surface area contributed by atoms with Crippen molar-refractivity contribution in [3.05, 3.63) is 24.3 Å². The van der Waals surface area contributed by atoms with E-state index in [1.54, 1.807) is 0 Å². The summed E-state index contributed by atoms with van der Waals surface area (Å²) in [6, 6.07) is 8.06. The zero-order valence-electron chi connectivity index (χ0n) is 16.5. The zero-order chi connectivity index (χ0) is 19.4. The lowest BCUT2D eigenvalue weighted by atomic mass is 9.61. The van der Waals surface area contributed by atoms with Crippen LogP contribution in [0, 0.1) is 11.3 Å². The maximum atomic E-state index is 13.1. The lowest BCUT2D eigenvalue weighted by molar-refractivity contribution is -0.126. The summed E-state index contributed by atoms with van der Waals surface area (Å²) in [6.45, 7) is 4.30. The number of benzene rings is 1. The number of fused-ring (bicyclic) bond motifs is 3. The molecule has 2 fully saturated rings. The molecule has 0 bridgehead atoms. The second kappa shape index (κ2) is 6.26. The highest BCUT2D eigenvalue weighted by Gasteiger charge is 2.52. The molecule has 2 heterocycles. The first-order valence-electron chi connectivity index (χ1n) is 10.3. The smallest absolute Gasteiger partial charge is 0.302 e. The number of hydrogen-bond donors (Lipinski definition) is 1. The number of carbonyl (C=O) groups is 1. The van der Waals surface area contributed by atoms with Crippen molar-refractivity contribution in [1.82, 2.24) is 4.98 Å². The van der Waals surface area contributed by atoms with E-state index >= 15 is 0 Å². The Morgan fingerprint density at radius 2 is 1.89 bits per heavy atom. The first kappa shape index (κ1) is 17.6. The Morgan fingerprint density at radius 3 is 2.68 bits per heavy atom. The molecule has 0 saturated heterocycles. The number of Topliss-reactive ketones (excluding diaryl/α,β-unsaturated/α-hetero) is 1. The van der Waals surface area contributed by atoms with E-state index in [1.165, 1.54) is 6.42 Å². The van der Waals surface area contributed by atoms with E-state index in [-0.39, 0.29) is 16.9 Å². The van der Waals surface area contributed by atoms with Gasteiger partial charge < -0.3 is 4.42 Å². The van der Waals surface area contributed by atoms with E-state index < -0.39 is 0 Å². The number of oxazole rings is 1. The summed E-state index contributed by atoms with van der Waals surface area (Å²) >= 11 is 0. The molecule has 28 heavy (non-hydrogen) atoms. The maximum Gasteiger partial charge on any atom is 0.302 e. The van der Waals surface area contributed by atoms with Crippen LogP contribution in [0.4, 0.5) is 6.01 Å². The summed E-state index contributed by atoms with van der Waals surface area (Å²) in [6.07, 6.45) is 6.77. The van der Waals surface area contributed by atoms with Crippen LogP contribution in [-0.4, -0.2) is 28.0 Å². The van der Waals surface area contributed by atoms with Crippen molar-refractivity contribution < 1.29 is 9.21 Å². The fourth-order valence-electron chi connectivity index (χ4n) is 5.21. The first-order valence-corrected chi connectivity index (χ1v) is 10.3. The predicted octanol–water partition coefficient (Wildman–Crippen LogP) is 4.76. The summed E-state index contributed by atoms with van der Waals surface area (Å²) in [5, 5.41) is 3.19. The van der Waals surface area contributed by atoms with Crippen molar-refractivity contribution in [2.45, 2.75) is 64.3 Å². The Morgan fingerprint density at radius 1 is 1.11 bits per heavy atom. The lowest BCUT2D eigenvalue weighted by Gasteiger charge is -2.47. The molecule has 5 rings (SSSR count). The maximum absolute atomic E-state index is 13.1. The van der Waals surface area contributed by atoms with Crippen LogP contribution in [0.1, 0.15) is 58.8 Å². The summed E-state index contributed by atoms with van der Waals surface area (Å²) < 4.78 is 5.81. The highest BCUT2D eigenvalue weighted by Crippen LogP contribution is 2.47. The number of ketones is 1. The normalized spacial score (nSPS) is 25.9. The van der Waals surface area contributed by atoms with Gasteiger partial charge in [0.15, 0.2) is 5.58 Å². The van der Waals surface area contributed by atoms with Crippen LogP contribution in [0.5, 0.6) is 0 Å².